The Kier molecular flexibility index (Phi) is 2.73. The molecule has 1 heterocycles. The van der Waals surface area contributed by atoms with E-state index in [4.69, 9.17) is 4.74 Å². The zero-order valence-electron chi connectivity index (χ0n) is 8.74. The van der Waals surface area contributed by atoms with Gasteiger partial charge in [-0.25, -0.2) is 0 Å². The number of aryl methyl sites for hydroxylation is 1. The molecule has 0 aliphatic heterocycles. The van der Waals surface area contributed by atoms with Gasteiger partial charge in [-0.05, 0) is 26.0 Å². The van der Waals surface area contributed by atoms with Crippen LogP contribution in [0.25, 0.3) is 10.1 Å². The van der Waals surface area contributed by atoms with Crippen LogP contribution in [0.15, 0.2) is 24.3 Å². The third-order valence-corrected chi connectivity index (χ3v) is 3.20. The number of rotatable bonds is 3. The number of Topliss-reactive ketones (excluding diaryl/α,β-unsaturated/α-hetero) is 1. The average molecular weight is 220 g/mol. The zero-order chi connectivity index (χ0) is 10.8. The third-order valence-electron chi connectivity index (χ3n) is 2.13. The van der Waals surface area contributed by atoms with E-state index in [9.17, 15) is 4.79 Å². The lowest BCUT2D eigenvalue weighted by atomic mass is 10.2. The fourth-order valence-corrected chi connectivity index (χ4v) is 2.51. The van der Waals surface area contributed by atoms with E-state index < -0.39 is 0 Å². The van der Waals surface area contributed by atoms with Gasteiger partial charge in [0.05, 0.1) is 0 Å². The summed E-state index contributed by atoms with van der Waals surface area (Å²) >= 11 is 1.69. The predicted octanol–water partition coefficient (Wildman–Crippen LogP) is 3.18. The van der Waals surface area contributed by atoms with Crippen molar-refractivity contribution in [1.82, 2.24) is 0 Å². The molecule has 2 nitrogen and oxygen atoms in total. The van der Waals surface area contributed by atoms with Gasteiger partial charge in [0.1, 0.15) is 12.4 Å². The van der Waals surface area contributed by atoms with Gasteiger partial charge in [0.25, 0.3) is 0 Å². The number of hydrogen-bond donors (Lipinski definition) is 0. The first-order valence-corrected chi connectivity index (χ1v) is 5.60. The lowest BCUT2D eigenvalue weighted by Gasteiger charge is -2.03. The minimum atomic E-state index is 0.0460. The molecule has 1 aromatic carbocycles. The molecule has 0 spiro atoms. The Balaban J connectivity index is 2.40. The molecule has 3 heteroatoms. The molecule has 0 bridgehead atoms. The van der Waals surface area contributed by atoms with E-state index in [0.717, 1.165) is 16.0 Å². The molecule has 0 fully saturated rings. The molecular weight excluding hydrogens is 208 g/mol. The average Bonchev–Trinajstić information content (AvgIpc) is 2.50. The molecule has 0 radical (unpaired) electrons. The molecule has 0 saturated heterocycles. The Labute approximate surface area is 92.5 Å². The molecule has 78 valence electrons. The van der Waals surface area contributed by atoms with E-state index in [-0.39, 0.29) is 12.4 Å². The standard InChI is InChI=1S/C12H12O2S/c1-8(13)7-14-12-9(2)15-11-6-4-3-5-10(11)12/h3-6H,7H2,1-2H3. The normalized spacial score (nSPS) is 10.5. The van der Waals surface area contributed by atoms with Crippen LogP contribution in [0, 0.1) is 6.92 Å². The minimum absolute atomic E-state index is 0.0460. The molecule has 2 rings (SSSR count). The van der Waals surface area contributed by atoms with Crippen LogP contribution in [0.4, 0.5) is 0 Å². The van der Waals surface area contributed by atoms with Gasteiger partial charge in [0.2, 0.25) is 0 Å². The molecule has 0 atom stereocenters. The van der Waals surface area contributed by atoms with Gasteiger partial charge >= 0.3 is 0 Å². The summed E-state index contributed by atoms with van der Waals surface area (Å²) in [5.74, 6) is 0.899. The van der Waals surface area contributed by atoms with Gasteiger partial charge in [0, 0.05) is 15.0 Å². The lowest BCUT2D eigenvalue weighted by molar-refractivity contribution is -0.118. The smallest absolute Gasteiger partial charge is 0.167 e. The molecule has 1 aromatic heterocycles. The predicted molar refractivity (Wildman–Crippen MR) is 62.7 cm³/mol. The van der Waals surface area contributed by atoms with Gasteiger partial charge in [-0.1, -0.05) is 12.1 Å². The van der Waals surface area contributed by atoms with E-state index in [1.54, 1.807) is 11.3 Å². The van der Waals surface area contributed by atoms with Crippen molar-refractivity contribution < 1.29 is 9.53 Å². The summed E-state index contributed by atoms with van der Waals surface area (Å²) in [5, 5.41) is 1.10. The van der Waals surface area contributed by atoms with Gasteiger partial charge in [-0.15, -0.1) is 11.3 Å². The highest BCUT2D eigenvalue weighted by molar-refractivity contribution is 7.19. The number of fused-ring (bicyclic) bond motifs is 1. The highest BCUT2D eigenvalue weighted by Crippen LogP contribution is 2.36. The molecule has 15 heavy (non-hydrogen) atoms. The first kappa shape index (κ1) is 10.2. The van der Waals surface area contributed by atoms with Gasteiger partial charge in [-0.2, -0.15) is 0 Å². The van der Waals surface area contributed by atoms with Crippen LogP contribution in [0.1, 0.15) is 11.8 Å². The van der Waals surface area contributed by atoms with Crippen molar-refractivity contribution in [3.63, 3.8) is 0 Å². The van der Waals surface area contributed by atoms with Gasteiger partial charge in [-0.3, -0.25) is 4.79 Å². The van der Waals surface area contributed by atoms with E-state index in [1.165, 1.54) is 11.6 Å². The summed E-state index contributed by atoms with van der Waals surface area (Å²) in [6.45, 7) is 3.70. The van der Waals surface area contributed by atoms with Gasteiger partial charge < -0.3 is 4.74 Å². The number of thiophene rings is 1. The molecule has 0 amide bonds. The summed E-state index contributed by atoms with van der Waals surface area (Å²) in [7, 11) is 0. The molecule has 0 N–H and O–H groups in total. The quantitative estimate of drug-likeness (QED) is 0.794. The van der Waals surface area contributed by atoms with Crippen LogP contribution in [0.3, 0.4) is 0 Å². The van der Waals surface area contributed by atoms with Crippen molar-refractivity contribution in [1.29, 1.82) is 0 Å². The molecule has 2 aromatic rings. The Hall–Kier alpha value is -1.35. The Morgan fingerprint density at radius 3 is 2.87 bits per heavy atom. The number of ether oxygens (including phenoxy) is 1. The first-order valence-electron chi connectivity index (χ1n) is 4.79. The summed E-state index contributed by atoms with van der Waals surface area (Å²) in [6, 6.07) is 8.07. The van der Waals surface area contributed by atoms with E-state index >= 15 is 0 Å². The van der Waals surface area contributed by atoms with Crippen molar-refractivity contribution in [2.24, 2.45) is 0 Å². The maximum atomic E-state index is 10.9. The fourth-order valence-electron chi connectivity index (χ4n) is 1.50. The fraction of sp³-hybridized carbons (Fsp3) is 0.250. The Bertz CT molecular complexity index is 499. The summed E-state index contributed by atoms with van der Waals surface area (Å²) in [5.41, 5.74) is 0. The number of benzene rings is 1. The van der Waals surface area contributed by atoms with Gasteiger partial charge in [0.15, 0.2) is 5.78 Å². The highest BCUT2D eigenvalue weighted by Gasteiger charge is 2.09. The summed E-state index contributed by atoms with van der Waals surface area (Å²) in [4.78, 5) is 12.0. The minimum Gasteiger partial charge on any atom is -0.484 e. The van der Waals surface area contributed by atoms with Crippen molar-refractivity contribution in [3.8, 4) is 5.75 Å². The van der Waals surface area contributed by atoms with Crippen LogP contribution in [-0.2, 0) is 4.79 Å². The monoisotopic (exact) mass is 220 g/mol. The van der Waals surface area contributed by atoms with E-state index in [2.05, 4.69) is 6.07 Å². The second kappa shape index (κ2) is 4.03. The van der Waals surface area contributed by atoms with E-state index in [0.29, 0.717) is 0 Å². The van der Waals surface area contributed by atoms with Crippen LogP contribution in [-0.4, -0.2) is 12.4 Å². The summed E-state index contributed by atoms with van der Waals surface area (Å²) in [6.07, 6.45) is 0. The van der Waals surface area contributed by atoms with Crippen LogP contribution < -0.4 is 4.74 Å². The third kappa shape index (κ3) is 2.02. The molecule has 0 aliphatic carbocycles. The SMILES string of the molecule is CC(=O)COc1c(C)sc2ccccc12. The number of hydrogen-bond acceptors (Lipinski definition) is 3. The van der Waals surface area contributed by atoms with Crippen LogP contribution in [0.2, 0.25) is 0 Å². The number of carbonyl (C=O) groups is 1. The largest absolute Gasteiger partial charge is 0.484 e. The maximum Gasteiger partial charge on any atom is 0.167 e. The second-order valence-corrected chi connectivity index (χ2v) is 4.73. The molecule has 0 saturated carbocycles. The Morgan fingerprint density at radius 1 is 1.40 bits per heavy atom. The topological polar surface area (TPSA) is 26.3 Å². The van der Waals surface area contributed by atoms with Crippen molar-refractivity contribution in [3.05, 3.63) is 29.1 Å². The van der Waals surface area contributed by atoms with Crippen LogP contribution >= 0.6 is 11.3 Å². The molecule has 0 aliphatic rings. The molecular formula is C12H12O2S. The first-order chi connectivity index (χ1) is 7.18. The highest BCUT2D eigenvalue weighted by atomic mass is 32.1. The zero-order valence-corrected chi connectivity index (χ0v) is 9.56. The second-order valence-electron chi connectivity index (χ2n) is 3.47. The number of ketones is 1. The number of carbonyl (C=O) groups excluding carboxylic acids is 1. The van der Waals surface area contributed by atoms with Crippen molar-refractivity contribution >= 4 is 27.2 Å². The summed E-state index contributed by atoms with van der Waals surface area (Å²) < 4.78 is 6.71. The lowest BCUT2D eigenvalue weighted by Crippen LogP contribution is -2.06. The van der Waals surface area contributed by atoms with Crippen molar-refractivity contribution in [2.45, 2.75) is 13.8 Å². The van der Waals surface area contributed by atoms with Crippen LogP contribution in [0.5, 0.6) is 5.75 Å². The molecule has 0 unspecified atom stereocenters. The maximum absolute atomic E-state index is 10.9. The van der Waals surface area contributed by atoms with Crippen molar-refractivity contribution in [2.75, 3.05) is 6.61 Å². The Morgan fingerprint density at radius 2 is 2.13 bits per heavy atom. The van der Waals surface area contributed by atoms with E-state index in [1.807, 2.05) is 25.1 Å².